The first-order chi connectivity index (χ1) is 13.1. The lowest BCUT2D eigenvalue weighted by atomic mass is 9.96. The van der Waals surface area contributed by atoms with E-state index in [0.717, 1.165) is 35.4 Å². The number of aromatic nitrogens is 2. The van der Waals surface area contributed by atoms with Crippen molar-refractivity contribution < 1.29 is 39.1 Å². The lowest BCUT2D eigenvalue weighted by Gasteiger charge is -2.29. The third-order valence-corrected chi connectivity index (χ3v) is 3.82. The standard InChI is InChI=1S/C16H18N2O10/c1-16(25)13(27-7-4-12(22)23)9(8-26-6-3-11(20)21)28-14(16)18-5-2-10(19)17-15(18)24/h2-7,9,13-14,25H,8H2,1H3,(H,20,21)(H,22,23)(H,17,19,24)/b6-3+,7-4+/t9-,13-,14-,16+/m1/s1. The molecule has 1 fully saturated rings. The maximum absolute atomic E-state index is 12.0. The second-order valence-electron chi connectivity index (χ2n) is 5.94. The summed E-state index contributed by atoms with van der Waals surface area (Å²) in [5.74, 6) is -2.53. The topological polar surface area (TPSA) is 177 Å². The van der Waals surface area contributed by atoms with Gasteiger partial charge in [0, 0.05) is 12.3 Å². The van der Waals surface area contributed by atoms with Gasteiger partial charge in [-0.2, -0.15) is 0 Å². The first kappa shape index (κ1) is 20.9. The molecular formula is C16H18N2O10. The average molecular weight is 398 g/mol. The minimum Gasteiger partial charge on any atom is -0.498 e. The molecule has 0 saturated carbocycles. The number of carboxylic acids is 2. The molecular weight excluding hydrogens is 380 g/mol. The summed E-state index contributed by atoms with van der Waals surface area (Å²) >= 11 is 0. The monoisotopic (exact) mass is 398 g/mol. The number of aliphatic hydroxyl groups is 1. The van der Waals surface area contributed by atoms with Gasteiger partial charge in [-0.15, -0.1) is 0 Å². The Balaban J connectivity index is 2.30. The van der Waals surface area contributed by atoms with Crippen LogP contribution in [0.1, 0.15) is 13.2 Å². The molecule has 12 heteroatoms. The van der Waals surface area contributed by atoms with E-state index in [4.69, 9.17) is 24.4 Å². The van der Waals surface area contributed by atoms with Crippen LogP contribution in [-0.2, 0) is 23.8 Å². The van der Waals surface area contributed by atoms with Crippen LogP contribution in [0.5, 0.6) is 0 Å². The smallest absolute Gasteiger partial charge is 0.331 e. The molecule has 1 aromatic heterocycles. The quantitative estimate of drug-likeness (QED) is 0.306. The molecule has 1 aliphatic rings. The summed E-state index contributed by atoms with van der Waals surface area (Å²) in [5.41, 5.74) is -3.34. The third kappa shape index (κ3) is 4.86. The van der Waals surface area contributed by atoms with Gasteiger partial charge in [0.25, 0.3) is 5.56 Å². The fraction of sp³-hybridized carbons (Fsp3) is 0.375. The lowest BCUT2D eigenvalue weighted by Crippen LogP contribution is -2.47. The maximum atomic E-state index is 12.0. The summed E-state index contributed by atoms with van der Waals surface area (Å²) in [5, 5.41) is 28.1. The minimum absolute atomic E-state index is 0.278. The Bertz CT molecular complexity index is 897. The van der Waals surface area contributed by atoms with Gasteiger partial charge < -0.3 is 29.5 Å². The fourth-order valence-corrected chi connectivity index (χ4v) is 2.64. The van der Waals surface area contributed by atoms with Gasteiger partial charge in [-0.1, -0.05) is 0 Å². The van der Waals surface area contributed by atoms with Crippen LogP contribution in [0.3, 0.4) is 0 Å². The number of aliphatic carboxylic acids is 2. The van der Waals surface area contributed by atoms with E-state index < -0.39 is 47.2 Å². The summed E-state index contributed by atoms with van der Waals surface area (Å²) in [6.45, 7) is 1.02. The average Bonchev–Trinajstić information content (AvgIpc) is 2.82. The normalized spacial score (nSPS) is 27.3. The number of carbonyl (C=O) groups is 2. The number of ether oxygens (including phenoxy) is 3. The molecule has 12 nitrogen and oxygen atoms in total. The molecule has 1 aromatic rings. The van der Waals surface area contributed by atoms with E-state index in [1.165, 1.54) is 6.92 Å². The second-order valence-corrected chi connectivity index (χ2v) is 5.94. The summed E-state index contributed by atoms with van der Waals surface area (Å²) in [6.07, 6.45) is 0.762. The first-order valence-electron chi connectivity index (χ1n) is 7.88. The van der Waals surface area contributed by atoms with Crippen molar-refractivity contribution in [1.29, 1.82) is 0 Å². The van der Waals surface area contributed by atoms with Gasteiger partial charge in [-0.25, -0.2) is 14.4 Å². The zero-order chi connectivity index (χ0) is 20.9. The summed E-state index contributed by atoms with van der Waals surface area (Å²) < 4.78 is 16.9. The number of aromatic amines is 1. The molecule has 4 N–H and O–H groups in total. The molecule has 4 atom stereocenters. The number of hydrogen-bond acceptors (Lipinski definition) is 8. The van der Waals surface area contributed by atoms with Crippen LogP contribution in [0.4, 0.5) is 0 Å². The van der Waals surface area contributed by atoms with Crippen molar-refractivity contribution in [3.05, 3.63) is 57.8 Å². The van der Waals surface area contributed by atoms with Crippen LogP contribution in [-0.4, -0.2) is 61.2 Å². The molecule has 0 aliphatic carbocycles. The van der Waals surface area contributed by atoms with Crippen molar-refractivity contribution in [2.45, 2.75) is 31.0 Å². The highest BCUT2D eigenvalue weighted by atomic mass is 16.6. The highest BCUT2D eigenvalue weighted by molar-refractivity contribution is 5.79. The van der Waals surface area contributed by atoms with E-state index in [9.17, 15) is 24.3 Å². The van der Waals surface area contributed by atoms with Gasteiger partial charge >= 0.3 is 17.6 Å². The van der Waals surface area contributed by atoms with Crippen molar-refractivity contribution in [2.24, 2.45) is 0 Å². The highest BCUT2D eigenvalue weighted by Gasteiger charge is 2.55. The van der Waals surface area contributed by atoms with Gasteiger partial charge in [0.05, 0.1) is 24.7 Å². The molecule has 0 aromatic carbocycles. The third-order valence-electron chi connectivity index (χ3n) is 3.82. The summed E-state index contributed by atoms with van der Waals surface area (Å²) in [6, 6.07) is 1.06. The Labute approximate surface area is 156 Å². The Morgan fingerprint density at radius 3 is 2.54 bits per heavy atom. The molecule has 0 unspecified atom stereocenters. The van der Waals surface area contributed by atoms with Gasteiger partial charge in [0.15, 0.2) is 12.3 Å². The number of carboxylic acid groups (broad SMARTS) is 2. The van der Waals surface area contributed by atoms with E-state index in [-0.39, 0.29) is 6.61 Å². The lowest BCUT2D eigenvalue weighted by molar-refractivity contribution is -0.132. The van der Waals surface area contributed by atoms with Crippen LogP contribution < -0.4 is 11.2 Å². The number of rotatable bonds is 8. The van der Waals surface area contributed by atoms with E-state index in [2.05, 4.69) is 0 Å². The van der Waals surface area contributed by atoms with Gasteiger partial charge in [0.1, 0.15) is 18.3 Å². The molecule has 2 heterocycles. The van der Waals surface area contributed by atoms with Gasteiger partial charge in [0.2, 0.25) is 0 Å². The fourth-order valence-electron chi connectivity index (χ4n) is 2.64. The Morgan fingerprint density at radius 2 is 1.93 bits per heavy atom. The Kier molecular flexibility index (Phi) is 6.38. The summed E-state index contributed by atoms with van der Waals surface area (Å²) in [7, 11) is 0. The predicted octanol–water partition coefficient (Wildman–Crippen LogP) is -1.22. The van der Waals surface area contributed by atoms with E-state index >= 15 is 0 Å². The molecule has 0 bridgehead atoms. The molecule has 0 radical (unpaired) electrons. The van der Waals surface area contributed by atoms with E-state index in [1.807, 2.05) is 4.98 Å². The van der Waals surface area contributed by atoms with Crippen molar-refractivity contribution >= 4 is 11.9 Å². The molecule has 1 aliphatic heterocycles. The largest absolute Gasteiger partial charge is 0.498 e. The predicted molar refractivity (Wildman–Crippen MR) is 90.2 cm³/mol. The molecule has 1 saturated heterocycles. The number of H-pyrrole nitrogens is 1. The zero-order valence-corrected chi connectivity index (χ0v) is 14.5. The van der Waals surface area contributed by atoms with Crippen molar-refractivity contribution in [2.75, 3.05) is 6.61 Å². The minimum atomic E-state index is -1.85. The Morgan fingerprint density at radius 1 is 1.29 bits per heavy atom. The maximum Gasteiger partial charge on any atom is 0.331 e. The van der Waals surface area contributed by atoms with E-state index in [1.54, 1.807) is 0 Å². The molecule has 28 heavy (non-hydrogen) atoms. The first-order valence-corrected chi connectivity index (χ1v) is 7.88. The van der Waals surface area contributed by atoms with Crippen molar-refractivity contribution in [1.82, 2.24) is 9.55 Å². The number of nitrogens with zero attached hydrogens (tertiary/aromatic N) is 1. The molecule has 2 rings (SSSR count). The second kappa shape index (κ2) is 8.54. The zero-order valence-electron chi connectivity index (χ0n) is 14.5. The van der Waals surface area contributed by atoms with Gasteiger partial charge in [-0.05, 0) is 6.92 Å². The molecule has 0 spiro atoms. The highest BCUT2D eigenvalue weighted by Crippen LogP contribution is 2.39. The van der Waals surface area contributed by atoms with Crippen LogP contribution in [0, 0.1) is 0 Å². The number of hydrogen-bond donors (Lipinski definition) is 4. The van der Waals surface area contributed by atoms with Crippen LogP contribution >= 0.6 is 0 Å². The summed E-state index contributed by atoms with van der Waals surface area (Å²) in [4.78, 5) is 46.4. The number of nitrogens with one attached hydrogen (secondary N) is 1. The van der Waals surface area contributed by atoms with Crippen molar-refractivity contribution in [3.63, 3.8) is 0 Å². The SMILES string of the molecule is C[C@]1(O)[C@H](O/C=C/C(=O)O)[C@@H](CO/C=C/C(=O)O)O[C@H]1n1ccc(=O)[nH]c1=O. The van der Waals surface area contributed by atoms with Crippen LogP contribution in [0.25, 0.3) is 0 Å². The molecule has 0 amide bonds. The van der Waals surface area contributed by atoms with Gasteiger partial charge in [-0.3, -0.25) is 14.3 Å². The van der Waals surface area contributed by atoms with E-state index in [0.29, 0.717) is 6.08 Å². The van der Waals surface area contributed by atoms with Crippen LogP contribution in [0.2, 0.25) is 0 Å². The molecule has 152 valence electrons. The van der Waals surface area contributed by atoms with Crippen molar-refractivity contribution in [3.8, 4) is 0 Å². The van der Waals surface area contributed by atoms with Crippen LogP contribution in [0.15, 0.2) is 46.5 Å². The Hall–Kier alpha value is -3.38.